The predicted octanol–water partition coefficient (Wildman–Crippen LogP) is 0.748. The summed E-state index contributed by atoms with van der Waals surface area (Å²) in [4.78, 5) is 14.4. The highest BCUT2D eigenvalue weighted by Gasteiger charge is 2.33. The summed E-state index contributed by atoms with van der Waals surface area (Å²) in [5.74, 6) is 0.0849. The molecule has 1 heterocycles. The van der Waals surface area contributed by atoms with E-state index in [1.807, 2.05) is 24.3 Å². The Bertz CT molecular complexity index is 488. The summed E-state index contributed by atoms with van der Waals surface area (Å²) in [5, 5.41) is 3.06. The van der Waals surface area contributed by atoms with Crippen LogP contribution in [0.1, 0.15) is 18.4 Å². The third-order valence-electron chi connectivity index (χ3n) is 3.89. The second-order valence-corrected chi connectivity index (χ2v) is 5.54. The molecule has 1 amide bonds. The lowest BCUT2D eigenvalue weighted by molar-refractivity contribution is -0.133. The number of carbonyl (C=O) groups is 1. The van der Waals surface area contributed by atoms with Gasteiger partial charge in [-0.2, -0.15) is 0 Å². The number of nitrogens with zero attached hydrogens (tertiary/aromatic N) is 1. The number of anilines is 1. The molecule has 1 aromatic rings. The van der Waals surface area contributed by atoms with Crippen molar-refractivity contribution in [3.8, 4) is 0 Å². The topological polar surface area (TPSA) is 67.6 Å². The lowest BCUT2D eigenvalue weighted by atomic mass is 10.1. The SMILES string of the molecule is Nc1ccccc1CN1CCOCC1C(=O)NC1CC1. The van der Waals surface area contributed by atoms with Gasteiger partial charge in [-0.1, -0.05) is 18.2 Å². The minimum Gasteiger partial charge on any atom is -0.398 e. The van der Waals surface area contributed by atoms with E-state index in [2.05, 4.69) is 10.2 Å². The highest BCUT2D eigenvalue weighted by atomic mass is 16.5. The number of para-hydroxylation sites is 1. The molecule has 5 heteroatoms. The molecule has 0 spiro atoms. The fourth-order valence-corrected chi connectivity index (χ4v) is 2.49. The van der Waals surface area contributed by atoms with Gasteiger partial charge in [-0.25, -0.2) is 0 Å². The normalized spacial score (nSPS) is 23.5. The molecule has 2 aliphatic rings. The number of morpholine rings is 1. The molecule has 3 N–H and O–H groups in total. The number of nitrogen functional groups attached to an aromatic ring is 1. The van der Waals surface area contributed by atoms with E-state index < -0.39 is 0 Å². The van der Waals surface area contributed by atoms with Crippen molar-refractivity contribution in [2.45, 2.75) is 31.5 Å². The number of amides is 1. The molecule has 1 aromatic carbocycles. The number of rotatable bonds is 4. The minimum atomic E-state index is -0.205. The molecule has 5 nitrogen and oxygen atoms in total. The highest BCUT2D eigenvalue weighted by molar-refractivity contribution is 5.82. The Kier molecular flexibility index (Phi) is 3.89. The van der Waals surface area contributed by atoms with Gasteiger partial charge in [-0.3, -0.25) is 9.69 Å². The average molecular weight is 275 g/mol. The first kappa shape index (κ1) is 13.4. The van der Waals surface area contributed by atoms with E-state index in [0.29, 0.717) is 25.8 Å². The predicted molar refractivity (Wildman–Crippen MR) is 77.0 cm³/mol. The lowest BCUT2D eigenvalue weighted by Gasteiger charge is -2.34. The first-order chi connectivity index (χ1) is 9.74. The summed E-state index contributed by atoms with van der Waals surface area (Å²) in [6, 6.07) is 7.99. The van der Waals surface area contributed by atoms with Crippen LogP contribution in [0.3, 0.4) is 0 Å². The summed E-state index contributed by atoms with van der Waals surface area (Å²) in [6.45, 7) is 2.58. The van der Waals surface area contributed by atoms with Crippen LogP contribution in [0.4, 0.5) is 5.69 Å². The third kappa shape index (κ3) is 3.11. The zero-order valence-electron chi connectivity index (χ0n) is 11.5. The van der Waals surface area contributed by atoms with Gasteiger partial charge in [0.15, 0.2) is 0 Å². The fraction of sp³-hybridized carbons (Fsp3) is 0.533. The van der Waals surface area contributed by atoms with Crippen molar-refractivity contribution in [3.05, 3.63) is 29.8 Å². The van der Waals surface area contributed by atoms with Crippen LogP contribution in [0.2, 0.25) is 0 Å². The van der Waals surface area contributed by atoms with E-state index in [4.69, 9.17) is 10.5 Å². The van der Waals surface area contributed by atoms with Crippen molar-refractivity contribution in [1.29, 1.82) is 0 Å². The molecule has 1 unspecified atom stereocenters. The van der Waals surface area contributed by atoms with Crippen LogP contribution in [0.25, 0.3) is 0 Å². The zero-order valence-corrected chi connectivity index (χ0v) is 11.5. The molecule has 1 atom stereocenters. The van der Waals surface area contributed by atoms with Gasteiger partial charge in [0.1, 0.15) is 6.04 Å². The molecule has 1 aliphatic heterocycles. The maximum absolute atomic E-state index is 12.3. The maximum atomic E-state index is 12.3. The Hall–Kier alpha value is -1.59. The molecular weight excluding hydrogens is 254 g/mol. The van der Waals surface area contributed by atoms with E-state index in [1.165, 1.54) is 0 Å². The van der Waals surface area contributed by atoms with Gasteiger partial charge in [0.2, 0.25) is 5.91 Å². The van der Waals surface area contributed by atoms with Crippen LogP contribution >= 0.6 is 0 Å². The average Bonchev–Trinajstić information content (AvgIpc) is 3.26. The van der Waals surface area contributed by atoms with Gasteiger partial charge in [0, 0.05) is 24.8 Å². The van der Waals surface area contributed by atoms with Gasteiger partial charge in [-0.05, 0) is 24.5 Å². The quantitative estimate of drug-likeness (QED) is 0.796. The first-order valence-corrected chi connectivity index (χ1v) is 7.19. The zero-order chi connectivity index (χ0) is 13.9. The van der Waals surface area contributed by atoms with Crippen molar-refractivity contribution in [2.75, 3.05) is 25.5 Å². The highest BCUT2D eigenvalue weighted by Crippen LogP contribution is 2.21. The summed E-state index contributed by atoms with van der Waals surface area (Å²) in [7, 11) is 0. The Labute approximate surface area is 119 Å². The van der Waals surface area contributed by atoms with Gasteiger partial charge in [0.05, 0.1) is 13.2 Å². The second-order valence-electron chi connectivity index (χ2n) is 5.54. The Morgan fingerprint density at radius 1 is 1.40 bits per heavy atom. The number of nitrogens with two attached hydrogens (primary N) is 1. The number of nitrogens with one attached hydrogen (secondary N) is 1. The van der Waals surface area contributed by atoms with Crippen LogP contribution < -0.4 is 11.1 Å². The van der Waals surface area contributed by atoms with Crippen molar-refractivity contribution in [1.82, 2.24) is 10.2 Å². The Balaban J connectivity index is 1.68. The molecule has 1 saturated heterocycles. The number of carbonyl (C=O) groups excluding carboxylic acids is 1. The number of hydrogen-bond acceptors (Lipinski definition) is 4. The van der Waals surface area contributed by atoms with E-state index in [-0.39, 0.29) is 11.9 Å². The van der Waals surface area contributed by atoms with Gasteiger partial charge >= 0.3 is 0 Å². The van der Waals surface area contributed by atoms with Crippen molar-refractivity contribution in [3.63, 3.8) is 0 Å². The molecule has 0 radical (unpaired) electrons. The number of ether oxygens (including phenoxy) is 1. The summed E-state index contributed by atoms with van der Waals surface area (Å²) in [6.07, 6.45) is 2.20. The molecule has 3 rings (SSSR count). The summed E-state index contributed by atoms with van der Waals surface area (Å²) >= 11 is 0. The van der Waals surface area contributed by atoms with E-state index in [1.54, 1.807) is 0 Å². The van der Waals surface area contributed by atoms with Gasteiger partial charge in [-0.15, -0.1) is 0 Å². The van der Waals surface area contributed by atoms with E-state index in [0.717, 1.165) is 30.6 Å². The molecule has 0 aromatic heterocycles. The minimum absolute atomic E-state index is 0.0849. The standard InChI is InChI=1S/C15H21N3O2/c16-13-4-2-1-3-11(13)9-18-7-8-20-10-14(18)15(19)17-12-5-6-12/h1-4,12,14H,5-10,16H2,(H,17,19). The lowest BCUT2D eigenvalue weighted by Crippen LogP contribution is -2.53. The van der Waals surface area contributed by atoms with Crippen molar-refractivity contribution in [2.24, 2.45) is 0 Å². The van der Waals surface area contributed by atoms with Crippen molar-refractivity contribution < 1.29 is 9.53 Å². The molecule has 2 fully saturated rings. The molecular formula is C15H21N3O2. The molecule has 0 bridgehead atoms. The summed E-state index contributed by atoms with van der Waals surface area (Å²) in [5.41, 5.74) is 7.84. The van der Waals surface area contributed by atoms with Gasteiger partial charge in [0.25, 0.3) is 0 Å². The third-order valence-corrected chi connectivity index (χ3v) is 3.89. The Morgan fingerprint density at radius 2 is 2.20 bits per heavy atom. The van der Waals surface area contributed by atoms with Crippen LogP contribution in [0, 0.1) is 0 Å². The smallest absolute Gasteiger partial charge is 0.239 e. The van der Waals surface area contributed by atoms with Gasteiger partial charge < -0.3 is 15.8 Å². The monoisotopic (exact) mass is 275 g/mol. The fourth-order valence-electron chi connectivity index (χ4n) is 2.49. The van der Waals surface area contributed by atoms with Crippen LogP contribution in [0.15, 0.2) is 24.3 Å². The molecule has 1 aliphatic carbocycles. The van der Waals surface area contributed by atoms with E-state index >= 15 is 0 Å². The first-order valence-electron chi connectivity index (χ1n) is 7.19. The summed E-state index contributed by atoms with van der Waals surface area (Å²) < 4.78 is 5.47. The number of hydrogen-bond donors (Lipinski definition) is 2. The molecule has 108 valence electrons. The van der Waals surface area contributed by atoms with Crippen LogP contribution in [-0.2, 0) is 16.1 Å². The van der Waals surface area contributed by atoms with Crippen LogP contribution in [-0.4, -0.2) is 42.6 Å². The van der Waals surface area contributed by atoms with Crippen LogP contribution in [0.5, 0.6) is 0 Å². The second kappa shape index (κ2) is 5.81. The number of benzene rings is 1. The largest absolute Gasteiger partial charge is 0.398 e. The van der Waals surface area contributed by atoms with E-state index in [9.17, 15) is 4.79 Å². The molecule has 1 saturated carbocycles. The Morgan fingerprint density at radius 3 is 2.95 bits per heavy atom. The van der Waals surface area contributed by atoms with Crippen molar-refractivity contribution >= 4 is 11.6 Å². The molecule has 20 heavy (non-hydrogen) atoms. The maximum Gasteiger partial charge on any atom is 0.239 e.